The Morgan fingerprint density at radius 2 is 0.795 bits per heavy atom. The van der Waals surface area contributed by atoms with Crippen LogP contribution in [0.3, 0.4) is 0 Å². The average Bonchev–Trinajstić information content (AvgIpc) is 3.35. The van der Waals surface area contributed by atoms with E-state index in [1.165, 1.54) is 225 Å². The van der Waals surface area contributed by atoms with E-state index in [0.29, 0.717) is 17.4 Å². The summed E-state index contributed by atoms with van der Waals surface area (Å²) in [5, 5.41) is 3.04. The first-order chi connectivity index (χ1) is 35.4. The second kappa shape index (κ2) is 53.9. The molecule has 9 nitrogen and oxygen atoms in total. The summed E-state index contributed by atoms with van der Waals surface area (Å²) in [6.07, 6.45) is 62.8. The van der Waals surface area contributed by atoms with Gasteiger partial charge in [0.1, 0.15) is 19.3 Å². The van der Waals surface area contributed by atoms with Crippen molar-refractivity contribution >= 4 is 19.7 Å². The lowest BCUT2D eigenvalue weighted by Crippen LogP contribution is -2.47. The lowest BCUT2D eigenvalue weighted by Gasteiger charge is -2.30. The quantitative estimate of drug-likeness (QED) is 0.0212. The van der Waals surface area contributed by atoms with E-state index < -0.39 is 20.0 Å². The molecule has 0 aliphatic rings. The average molecular weight is 1050 g/mol. The number of allylic oxidation sites excluding steroid dienone is 3. The van der Waals surface area contributed by atoms with Gasteiger partial charge >= 0.3 is 5.97 Å². The van der Waals surface area contributed by atoms with Crippen LogP contribution in [-0.2, 0) is 27.9 Å². The Morgan fingerprint density at radius 1 is 0.466 bits per heavy atom. The number of hydrogen-bond acceptors (Lipinski definition) is 7. The number of ether oxygens (including phenoxy) is 1. The molecular formula is C63H123N2O7P. The highest BCUT2D eigenvalue weighted by Gasteiger charge is 2.27. The Balaban J connectivity index is 5.24. The molecule has 0 fully saturated rings. The maximum absolute atomic E-state index is 13.5. The summed E-state index contributed by atoms with van der Waals surface area (Å²) in [6, 6.07) is -0.883. The van der Waals surface area contributed by atoms with E-state index >= 15 is 0 Å². The fourth-order valence-electron chi connectivity index (χ4n) is 9.46. The molecule has 0 radical (unpaired) electrons. The third-order valence-corrected chi connectivity index (χ3v) is 15.3. The second-order valence-corrected chi connectivity index (χ2v) is 24.3. The molecule has 0 bridgehead atoms. The Hall–Kier alpha value is -1.51. The number of likely N-dealkylation sites (N-methyl/N-ethyl adjacent to an activating group) is 1. The van der Waals surface area contributed by atoms with Gasteiger partial charge in [0, 0.05) is 12.8 Å². The van der Waals surface area contributed by atoms with Crippen LogP contribution in [0.5, 0.6) is 0 Å². The maximum Gasteiger partial charge on any atom is 0.306 e. The first-order valence-electron chi connectivity index (χ1n) is 31.6. The number of unbranched alkanes of at least 4 members (excludes halogenated alkanes) is 40. The van der Waals surface area contributed by atoms with Gasteiger partial charge in [-0.1, -0.05) is 270 Å². The van der Waals surface area contributed by atoms with Crippen molar-refractivity contribution in [3.8, 4) is 0 Å². The largest absolute Gasteiger partial charge is 0.756 e. The molecule has 0 rings (SSSR count). The topological polar surface area (TPSA) is 114 Å². The van der Waals surface area contributed by atoms with Crippen molar-refractivity contribution in [2.24, 2.45) is 0 Å². The van der Waals surface area contributed by atoms with Gasteiger partial charge in [0.15, 0.2) is 0 Å². The molecule has 1 amide bonds. The molecule has 0 aromatic rings. The zero-order chi connectivity index (χ0) is 53.6. The highest BCUT2D eigenvalue weighted by atomic mass is 31.2. The van der Waals surface area contributed by atoms with Crippen LogP contribution in [0.4, 0.5) is 0 Å². The summed E-state index contributed by atoms with van der Waals surface area (Å²) in [4.78, 5) is 40.0. The molecule has 0 saturated carbocycles. The van der Waals surface area contributed by atoms with Gasteiger partial charge in [-0.2, -0.15) is 0 Å². The van der Waals surface area contributed by atoms with Gasteiger partial charge in [-0.25, -0.2) is 0 Å². The molecule has 0 aromatic carbocycles. The van der Waals surface area contributed by atoms with E-state index in [1.54, 1.807) is 0 Å². The SMILES string of the molecule is CCCCCCCC/C=C/CCCCCCCCCCCC(=O)NC(COP(=O)([O-])OCC[N+](C)(C)C)C(/C=C/CCCCCCCCCCCCC)OC(=O)CCCCCCCCCCCCCCCCC. The third kappa shape index (κ3) is 55.1. The summed E-state index contributed by atoms with van der Waals surface area (Å²) in [6.45, 7) is 6.88. The van der Waals surface area contributed by atoms with Crippen molar-refractivity contribution in [2.45, 2.75) is 328 Å². The predicted octanol–water partition coefficient (Wildman–Crippen LogP) is 18.7. The molecule has 1 N–H and O–H groups in total. The van der Waals surface area contributed by atoms with Gasteiger partial charge in [0.25, 0.3) is 7.82 Å². The smallest absolute Gasteiger partial charge is 0.306 e. The van der Waals surface area contributed by atoms with Crippen molar-refractivity contribution in [2.75, 3.05) is 40.9 Å². The zero-order valence-electron chi connectivity index (χ0n) is 49.4. The molecule has 0 aromatic heterocycles. The molecule has 0 aliphatic carbocycles. The molecule has 432 valence electrons. The number of amides is 1. The Labute approximate surface area is 454 Å². The molecule has 3 atom stereocenters. The summed E-state index contributed by atoms with van der Waals surface area (Å²) < 4.78 is 30.3. The first kappa shape index (κ1) is 71.5. The zero-order valence-corrected chi connectivity index (χ0v) is 50.3. The van der Waals surface area contributed by atoms with E-state index in [2.05, 4.69) is 38.2 Å². The molecule has 0 aliphatic heterocycles. The normalized spacial score (nSPS) is 13.8. The number of esters is 1. The van der Waals surface area contributed by atoms with Crippen molar-refractivity contribution in [1.29, 1.82) is 0 Å². The molecular weight excluding hydrogens is 928 g/mol. The van der Waals surface area contributed by atoms with Gasteiger partial charge in [0.05, 0.1) is 33.8 Å². The minimum atomic E-state index is -4.69. The monoisotopic (exact) mass is 1050 g/mol. The molecule has 10 heteroatoms. The van der Waals surface area contributed by atoms with Crippen LogP contribution in [0.25, 0.3) is 0 Å². The number of carbonyl (C=O) groups excluding carboxylic acids is 2. The van der Waals surface area contributed by atoms with E-state index in [0.717, 1.165) is 57.8 Å². The summed E-state index contributed by atoms with van der Waals surface area (Å²) in [5.41, 5.74) is 0. The van der Waals surface area contributed by atoms with Crippen molar-refractivity contribution in [3.05, 3.63) is 24.3 Å². The van der Waals surface area contributed by atoms with Gasteiger partial charge in [-0.05, 0) is 57.4 Å². The Morgan fingerprint density at radius 3 is 1.16 bits per heavy atom. The number of hydrogen-bond donors (Lipinski definition) is 1. The summed E-state index contributed by atoms with van der Waals surface area (Å²) >= 11 is 0. The molecule has 73 heavy (non-hydrogen) atoms. The summed E-state index contributed by atoms with van der Waals surface area (Å²) in [5.74, 6) is -0.526. The van der Waals surface area contributed by atoms with Gasteiger partial charge < -0.3 is 28.5 Å². The van der Waals surface area contributed by atoms with Crippen molar-refractivity contribution < 1.29 is 37.3 Å². The standard InChI is InChI=1S/C63H123N2O7P/c1-7-10-13-16-19-22-25-28-30-31-32-33-35-37-40-43-46-49-52-55-62(66)64-60(59-71-73(68,69)70-58-57-65(4,5)6)61(54-51-48-45-42-39-36-27-24-21-18-15-12-9-3)72-63(67)56-53-50-47-44-41-38-34-29-26-23-20-17-14-11-8-2/h28,30,51,54,60-61H,7-27,29,31-50,52-53,55-59H2,1-6H3,(H-,64,66,68,69)/b30-28+,54-51+. The number of phosphoric ester groups is 1. The van der Waals surface area contributed by atoms with Crippen LogP contribution >= 0.6 is 7.82 Å². The van der Waals surface area contributed by atoms with Gasteiger partial charge in [-0.15, -0.1) is 0 Å². The minimum absolute atomic E-state index is 0.0190. The van der Waals surface area contributed by atoms with Gasteiger partial charge in [-0.3, -0.25) is 14.2 Å². The molecule has 0 saturated heterocycles. The highest BCUT2D eigenvalue weighted by Crippen LogP contribution is 2.38. The fraction of sp³-hybridized carbons (Fsp3) is 0.905. The number of rotatable bonds is 58. The molecule has 0 spiro atoms. The van der Waals surface area contributed by atoms with E-state index in [1.807, 2.05) is 33.3 Å². The lowest BCUT2D eigenvalue weighted by atomic mass is 10.0. The molecule has 3 unspecified atom stereocenters. The van der Waals surface area contributed by atoms with Crippen molar-refractivity contribution in [1.82, 2.24) is 5.32 Å². The predicted molar refractivity (Wildman–Crippen MR) is 312 cm³/mol. The lowest BCUT2D eigenvalue weighted by molar-refractivity contribution is -0.870. The maximum atomic E-state index is 13.5. The fourth-order valence-corrected chi connectivity index (χ4v) is 10.2. The van der Waals surface area contributed by atoms with Crippen LogP contribution in [0.2, 0.25) is 0 Å². The number of quaternary nitrogens is 1. The first-order valence-corrected chi connectivity index (χ1v) is 33.1. The van der Waals surface area contributed by atoms with Gasteiger partial charge in [0.2, 0.25) is 5.91 Å². The van der Waals surface area contributed by atoms with E-state index in [9.17, 15) is 19.0 Å². The Kier molecular flexibility index (Phi) is 52.8. The van der Waals surface area contributed by atoms with Crippen molar-refractivity contribution in [3.63, 3.8) is 0 Å². The van der Waals surface area contributed by atoms with Crippen LogP contribution in [0.1, 0.15) is 316 Å². The third-order valence-electron chi connectivity index (χ3n) is 14.4. The number of phosphoric acid groups is 1. The van der Waals surface area contributed by atoms with Crippen LogP contribution in [-0.4, -0.2) is 69.4 Å². The number of nitrogens with zero attached hydrogens (tertiary/aromatic N) is 1. The van der Waals surface area contributed by atoms with Crippen LogP contribution in [0.15, 0.2) is 24.3 Å². The van der Waals surface area contributed by atoms with E-state index in [4.69, 9.17) is 13.8 Å². The molecule has 0 heterocycles. The Bertz CT molecular complexity index is 1300. The van der Waals surface area contributed by atoms with Crippen LogP contribution < -0.4 is 10.2 Å². The van der Waals surface area contributed by atoms with E-state index in [-0.39, 0.29) is 31.5 Å². The summed E-state index contributed by atoms with van der Waals surface area (Å²) in [7, 11) is 1.20. The second-order valence-electron chi connectivity index (χ2n) is 22.9. The number of carbonyl (C=O) groups is 2. The highest BCUT2D eigenvalue weighted by molar-refractivity contribution is 7.45. The van der Waals surface area contributed by atoms with Crippen LogP contribution in [0, 0.1) is 0 Å². The number of nitrogens with one attached hydrogen (secondary N) is 1. The minimum Gasteiger partial charge on any atom is -0.756 e.